The smallest absolute Gasteiger partial charge is 0.264 e. The third-order valence-corrected chi connectivity index (χ3v) is 6.20. The van der Waals surface area contributed by atoms with Crippen LogP contribution in [0.25, 0.3) is 0 Å². The number of nitrogens with zero attached hydrogens (tertiary/aromatic N) is 1. The fourth-order valence-electron chi connectivity index (χ4n) is 1.93. The Morgan fingerprint density at radius 1 is 1.10 bits per heavy atom. The summed E-state index contributed by atoms with van der Waals surface area (Å²) in [5.41, 5.74) is 6.94. The molecule has 0 fully saturated rings. The Balaban J connectivity index is 2.55. The standard InChI is InChI=1S/C14H14Br2N2O2S/c1-2-18(10-8-12(15)14(17)13(16)9-10)21(19,20)11-6-4-3-5-7-11/h3-9H,2,17H2,1H3. The quantitative estimate of drug-likeness (QED) is 0.740. The molecule has 0 bridgehead atoms. The van der Waals surface area contributed by atoms with Gasteiger partial charge in [0, 0.05) is 15.5 Å². The lowest BCUT2D eigenvalue weighted by atomic mass is 10.3. The molecule has 2 rings (SSSR count). The minimum absolute atomic E-state index is 0.260. The predicted molar refractivity (Wildman–Crippen MR) is 92.9 cm³/mol. The van der Waals surface area contributed by atoms with E-state index in [1.165, 1.54) is 4.31 Å². The van der Waals surface area contributed by atoms with Crippen LogP contribution >= 0.6 is 31.9 Å². The minimum atomic E-state index is -3.60. The Bertz CT molecular complexity index is 726. The van der Waals surface area contributed by atoms with Crippen molar-refractivity contribution in [2.75, 3.05) is 16.6 Å². The first kappa shape index (κ1) is 16.3. The van der Waals surface area contributed by atoms with Crippen molar-refractivity contribution in [2.24, 2.45) is 0 Å². The number of benzene rings is 2. The van der Waals surface area contributed by atoms with Crippen LogP contribution in [0, 0.1) is 0 Å². The van der Waals surface area contributed by atoms with E-state index in [9.17, 15) is 8.42 Å². The molecule has 0 aliphatic rings. The van der Waals surface area contributed by atoms with E-state index in [1.54, 1.807) is 49.4 Å². The summed E-state index contributed by atoms with van der Waals surface area (Å²) in [5, 5.41) is 0. The van der Waals surface area contributed by atoms with E-state index < -0.39 is 10.0 Å². The van der Waals surface area contributed by atoms with Crippen LogP contribution in [0.1, 0.15) is 6.92 Å². The number of halogens is 2. The summed E-state index contributed by atoms with van der Waals surface area (Å²) in [4.78, 5) is 0.260. The summed E-state index contributed by atoms with van der Waals surface area (Å²) in [6.07, 6.45) is 0. The van der Waals surface area contributed by atoms with Crippen molar-refractivity contribution in [1.82, 2.24) is 0 Å². The molecule has 0 aromatic heterocycles. The van der Waals surface area contributed by atoms with E-state index >= 15 is 0 Å². The molecule has 0 saturated carbocycles. The van der Waals surface area contributed by atoms with Crippen molar-refractivity contribution in [2.45, 2.75) is 11.8 Å². The van der Waals surface area contributed by atoms with Gasteiger partial charge in [-0.15, -0.1) is 0 Å². The molecule has 21 heavy (non-hydrogen) atoms. The molecule has 0 saturated heterocycles. The van der Waals surface area contributed by atoms with Crippen LogP contribution in [0.5, 0.6) is 0 Å². The number of nitrogens with two attached hydrogens (primary N) is 1. The first-order valence-corrected chi connectivity index (χ1v) is 9.23. The highest BCUT2D eigenvalue weighted by Gasteiger charge is 2.24. The first-order valence-electron chi connectivity index (χ1n) is 6.20. The van der Waals surface area contributed by atoms with Crippen LogP contribution < -0.4 is 10.0 Å². The molecule has 112 valence electrons. The van der Waals surface area contributed by atoms with Gasteiger partial charge in [0.25, 0.3) is 10.0 Å². The molecule has 0 atom stereocenters. The van der Waals surface area contributed by atoms with Crippen LogP contribution in [0.2, 0.25) is 0 Å². The molecule has 2 aromatic rings. The summed E-state index contributed by atoms with van der Waals surface area (Å²) >= 11 is 6.68. The fraction of sp³-hybridized carbons (Fsp3) is 0.143. The second kappa shape index (κ2) is 6.37. The molecular formula is C14H14Br2N2O2S. The molecular weight excluding hydrogens is 420 g/mol. The predicted octanol–water partition coefficient (Wildman–Crippen LogP) is 4.01. The molecule has 4 nitrogen and oxygen atoms in total. The number of sulfonamides is 1. The van der Waals surface area contributed by atoms with Crippen molar-refractivity contribution in [3.8, 4) is 0 Å². The van der Waals surface area contributed by atoms with Gasteiger partial charge in [-0.3, -0.25) is 4.31 Å². The third kappa shape index (κ3) is 3.25. The van der Waals surface area contributed by atoms with Crippen molar-refractivity contribution in [3.63, 3.8) is 0 Å². The molecule has 7 heteroatoms. The van der Waals surface area contributed by atoms with E-state index in [-0.39, 0.29) is 4.90 Å². The summed E-state index contributed by atoms with van der Waals surface area (Å²) in [6, 6.07) is 11.8. The highest BCUT2D eigenvalue weighted by Crippen LogP contribution is 2.35. The fourth-order valence-corrected chi connectivity index (χ4v) is 4.57. The van der Waals surface area contributed by atoms with Gasteiger partial charge in [0.05, 0.1) is 16.3 Å². The largest absolute Gasteiger partial charge is 0.397 e. The van der Waals surface area contributed by atoms with Gasteiger partial charge in [0.15, 0.2) is 0 Å². The third-order valence-electron chi connectivity index (χ3n) is 2.97. The maximum Gasteiger partial charge on any atom is 0.264 e. The number of hydrogen-bond donors (Lipinski definition) is 1. The Hall–Kier alpha value is -1.05. The highest BCUT2D eigenvalue weighted by molar-refractivity contribution is 9.11. The zero-order valence-corrected chi connectivity index (χ0v) is 15.2. The Kier molecular flexibility index (Phi) is 4.95. The molecule has 2 N–H and O–H groups in total. The maximum atomic E-state index is 12.7. The number of hydrogen-bond acceptors (Lipinski definition) is 3. The van der Waals surface area contributed by atoms with Gasteiger partial charge in [-0.05, 0) is 63.0 Å². The summed E-state index contributed by atoms with van der Waals surface area (Å²) in [7, 11) is -3.60. The first-order chi connectivity index (χ1) is 9.87. The monoisotopic (exact) mass is 432 g/mol. The molecule has 0 aliphatic heterocycles. The highest BCUT2D eigenvalue weighted by atomic mass is 79.9. The molecule has 0 spiro atoms. The van der Waals surface area contributed by atoms with Crippen LogP contribution in [-0.4, -0.2) is 15.0 Å². The summed E-state index contributed by atoms with van der Waals surface area (Å²) in [6.45, 7) is 2.11. The van der Waals surface area contributed by atoms with Crippen LogP contribution in [0.3, 0.4) is 0 Å². The second-order valence-electron chi connectivity index (χ2n) is 4.31. The molecule has 0 radical (unpaired) electrons. The molecule has 0 unspecified atom stereocenters. The maximum absolute atomic E-state index is 12.7. The number of anilines is 2. The van der Waals surface area contributed by atoms with Crippen molar-refractivity contribution in [3.05, 3.63) is 51.4 Å². The number of rotatable bonds is 4. The van der Waals surface area contributed by atoms with E-state index in [2.05, 4.69) is 31.9 Å². The lowest BCUT2D eigenvalue weighted by Gasteiger charge is -2.24. The van der Waals surface area contributed by atoms with Gasteiger partial charge in [-0.2, -0.15) is 0 Å². The van der Waals surface area contributed by atoms with Gasteiger partial charge in [0.1, 0.15) is 0 Å². The second-order valence-corrected chi connectivity index (χ2v) is 7.88. The summed E-state index contributed by atoms with van der Waals surface area (Å²) < 4.78 is 28.1. The van der Waals surface area contributed by atoms with Crippen LogP contribution in [-0.2, 0) is 10.0 Å². The molecule has 0 aliphatic carbocycles. The van der Waals surface area contributed by atoms with Crippen LogP contribution in [0.15, 0.2) is 56.3 Å². The van der Waals surface area contributed by atoms with E-state index in [4.69, 9.17) is 5.73 Å². The summed E-state index contributed by atoms with van der Waals surface area (Å²) in [5.74, 6) is 0. The molecule has 0 amide bonds. The Labute approximate surface area is 141 Å². The average molecular weight is 434 g/mol. The normalized spacial score (nSPS) is 11.4. The van der Waals surface area contributed by atoms with E-state index in [1.807, 2.05) is 0 Å². The Morgan fingerprint density at radius 2 is 1.62 bits per heavy atom. The van der Waals surface area contributed by atoms with Crippen molar-refractivity contribution < 1.29 is 8.42 Å². The van der Waals surface area contributed by atoms with Crippen molar-refractivity contribution in [1.29, 1.82) is 0 Å². The molecule has 0 heterocycles. The number of nitrogen functional groups attached to an aromatic ring is 1. The van der Waals surface area contributed by atoms with E-state index in [0.29, 0.717) is 26.9 Å². The van der Waals surface area contributed by atoms with Gasteiger partial charge in [0.2, 0.25) is 0 Å². The lowest BCUT2D eigenvalue weighted by molar-refractivity contribution is 0.592. The van der Waals surface area contributed by atoms with Gasteiger partial charge in [-0.1, -0.05) is 18.2 Å². The SMILES string of the molecule is CCN(c1cc(Br)c(N)c(Br)c1)S(=O)(=O)c1ccccc1. The van der Waals surface area contributed by atoms with Gasteiger partial charge < -0.3 is 5.73 Å². The lowest BCUT2D eigenvalue weighted by Crippen LogP contribution is -2.30. The van der Waals surface area contributed by atoms with E-state index in [0.717, 1.165) is 0 Å². The van der Waals surface area contributed by atoms with Gasteiger partial charge in [-0.25, -0.2) is 8.42 Å². The molecule has 2 aromatic carbocycles. The average Bonchev–Trinajstić information content (AvgIpc) is 2.46. The zero-order valence-electron chi connectivity index (χ0n) is 11.3. The minimum Gasteiger partial charge on any atom is -0.397 e. The Morgan fingerprint density at radius 3 is 2.10 bits per heavy atom. The zero-order chi connectivity index (χ0) is 15.6. The van der Waals surface area contributed by atoms with Crippen molar-refractivity contribution >= 4 is 53.3 Å². The van der Waals surface area contributed by atoms with Gasteiger partial charge >= 0.3 is 0 Å². The van der Waals surface area contributed by atoms with Crippen LogP contribution in [0.4, 0.5) is 11.4 Å². The topological polar surface area (TPSA) is 63.4 Å².